The molecule has 0 aliphatic heterocycles. The summed E-state index contributed by atoms with van der Waals surface area (Å²) in [5, 5.41) is 5.39. The number of hydrogen-bond acceptors (Lipinski definition) is 2. The molecule has 0 saturated carbocycles. The van der Waals surface area contributed by atoms with Crippen LogP contribution in [0.15, 0.2) is 78.9 Å². The van der Waals surface area contributed by atoms with Crippen molar-refractivity contribution >= 4 is 23.3 Å². The molecule has 0 bridgehead atoms. The van der Waals surface area contributed by atoms with Gasteiger partial charge in [0.2, 0.25) is 5.91 Å². The van der Waals surface area contributed by atoms with Gasteiger partial charge in [-0.25, -0.2) is 9.18 Å². The Hall–Kier alpha value is -3.67. The Balaban J connectivity index is 1.50. The molecule has 0 aromatic heterocycles. The average Bonchev–Trinajstić information content (AvgIpc) is 2.74. The van der Waals surface area contributed by atoms with Gasteiger partial charge < -0.3 is 15.5 Å². The summed E-state index contributed by atoms with van der Waals surface area (Å²) in [7, 11) is 1.75. The van der Waals surface area contributed by atoms with Crippen LogP contribution >= 0.6 is 0 Å². The van der Waals surface area contributed by atoms with E-state index in [4.69, 9.17) is 0 Å². The summed E-state index contributed by atoms with van der Waals surface area (Å²) in [4.78, 5) is 26.1. The van der Waals surface area contributed by atoms with E-state index in [1.807, 2.05) is 30.3 Å². The highest BCUT2D eigenvalue weighted by Crippen LogP contribution is 2.15. The summed E-state index contributed by atoms with van der Waals surface area (Å²) in [6.45, 7) is 0.224. The minimum absolute atomic E-state index is 0.0234. The molecule has 29 heavy (non-hydrogen) atoms. The third-order valence-corrected chi connectivity index (χ3v) is 4.43. The van der Waals surface area contributed by atoms with Crippen molar-refractivity contribution in [1.29, 1.82) is 0 Å². The molecular weight excluding hydrogens is 369 g/mol. The Labute approximate surface area is 169 Å². The van der Waals surface area contributed by atoms with Crippen LogP contribution in [0.1, 0.15) is 11.1 Å². The first-order chi connectivity index (χ1) is 14.0. The number of carbonyl (C=O) groups excluding carboxylic acids is 2. The van der Waals surface area contributed by atoms with Crippen LogP contribution in [0.4, 0.5) is 20.6 Å². The topological polar surface area (TPSA) is 61.4 Å². The number of benzene rings is 3. The van der Waals surface area contributed by atoms with Crippen molar-refractivity contribution in [2.24, 2.45) is 0 Å². The van der Waals surface area contributed by atoms with E-state index in [9.17, 15) is 14.0 Å². The smallest absolute Gasteiger partial charge is 0.319 e. The largest absolute Gasteiger partial charge is 0.334 e. The number of amides is 3. The van der Waals surface area contributed by atoms with Gasteiger partial charge in [0.25, 0.3) is 0 Å². The molecule has 3 amide bonds. The molecular formula is C23H22FN3O2. The van der Waals surface area contributed by atoms with E-state index >= 15 is 0 Å². The van der Waals surface area contributed by atoms with E-state index in [-0.39, 0.29) is 30.7 Å². The van der Waals surface area contributed by atoms with E-state index in [0.717, 1.165) is 11.3 Å². The van der Waals surface area contributed by atoms with Crippen molar-refractivity contribution in [1.82, 2.24) is 5.32 Å². The molecule has 0 radical (unpaired) electrons. The van der Waals surface area contributed by atoms with Gasteiger partial charge in [0, 0.05) is 25.0 Å². The minimum Gasteiger partial charge on any atom is -0.334 e. The summed E-state index contributed by atoms with van der Waals surface area (Å²) < 4.78 is 13.2. The number of carbonyl (C=O) groups is 2. The number of halogens is 1. The summed E-state index contributed by atoms with van der Waals surface area (Å²) >= 11 is 0. The fourth-order valence-electron chi connectivity index (χ4n) is 2.80. The van der Waals surface area contributed by atoms with E-state index in [2.05, 4.69) is 10.6 Å². The predicted octanol–water partition coefficient (Wildman–Crippen LogP) is 4.35. The summed E-state index contributed by atoms with van der Waals surface area (Å²) in [5.41, 5.74) is 2.97. The normalized spacial score (nSPS) is 10.3. The molecule has 0 aliphatic rings. The zero-order valence-corrected chi connectivity index (χ0v) is 16.1. The van der Waals surface area contributed by atoms with E-state index in [0.29, 0.717) is 11.3 Å². The Morgan fingerprint density at radius 3 is 2.31 bits per heavy atom. The Kier molecular flexibility index (Phi) is 6.58. The predicted molar refractivity (Wildman–Crippen MR) is 112 cm³/mol. The third kappa shape index (κ3) is 5.90. The average molecular weight is 391 g/mol. The van der Waals surface area contributed by atoms with Crippen LogP contribution in [0.25, 0.3) is 0 Å². The zero-order valence-electron chi connectivity index (χ0n) is 16.1. The van der Waals surface area contributed by atoms with Gasteiger partial charge in [-0.05, 0) is 47.5 Å². The second kappa shape index (κ2) is 9.50. The molecule has 3 aromatic carbocycles. The van der Waals surface area contributed by atoms with Gasteiger partial charge in [0.05, 0.1) is 6.42 Å². The SMILES string of the molecule is CN(C(=O)Cc1ccc(NC(=O)NCc2cccc(F)c2)cc1)c1ccccc1. The second-order valence-electron chi connectivity index (χ2n) is 6.60. The fraction of sp³-hybridized carbons (Fsp3) is 0.130. The molecule has 0 aliphatic carbocycles. The van der Waals surface area contributed by atoms with Gasteiger partial charge in [-0.2, -0.15) is 0 Å². The third-order valence-electron chi connectivity index (χ3n) is 4.43. The maximum atomic E-state index is 13.2. The molecule has 3 rings (SSSR count). The Morgan fingerprint density at radius 1 is 0.897 bits per heavy atom. The highest BCUT2D eigenvalue weighted by molar-refractivity contribution is 5.94. The molecule has 2 N–H and O–H groups in total. The summed E-state index contributed by atoms with van der Waals surface area (Å²) in [6.07, 6.45) is 0.261. The first-order valence-corrected chi connectivity index (χ1v) is 9.21. The number of likely N-dealkylation sites (N-methyl/N-ethyl adjacent to an activating group) is 1. The maximum Gasteiger partial charge on any atom is 0.319 e. The first kappa shape index (κ1) is 20.1. The van der Waals surface area contributed by atoms with E-state index in [1.165, 1.54) is 12.1 Å². The van der Waals surface area contributed by atoms with Crippen LogP contribution in [-0.4, -0.2) is 19.0 Å². The lowest BCUT2D eigenvalue weighted by atomic mass is 10.1. The molecule has 0 heterocycles. The molecule has 0 atom stereocenters. The van der Waals surface area contributed by atoms with Gasteiger partial charge in [-0.3, -0.25) is 4.79 Å². The standard InChI is InChI=1S/C23H22FN3O2/c1-27(21-8-3-2-4-9-21)22(28)15-17-10-12-20(13-11-17)26-23(29)25-16-18-6-5-7-19(24)14-18/h2-14H,15-16H2,1H3,(H2,25,26,29). The van der Waals surface area contributed by atoms with Crippen molar-refractivity contribution in [3.63, 3.8) is 0 Å². The van der Waals surface area contributed by atoms with Crippen molar-refractivity contribution < 1.29 is 14.0 Å². The second-order valence-corrected chi connectivity index (χ2v) is 6.60. The van der Waals surface area contributed by atoms with Gasteiger partial charge >= 0.3 is 6.03 Å². The quantitative estimate of drug-likeness (QED) is 0.656. The van der Waals surface area contributed by atoms with Crippen LogP contribution in [0.2, 0.25) is 0 Å². The molecule has 3 aromatic rings. The molecule has 6 heteroatoms. The zero-order chi connectivity index (χ0) is 20.6. The molecule has 0 spiro atoms. The minimum atomic E-state index is -0.387. The molecule has 5 nitrogen and oxygen atoms in total. The summed E-state index contributed by atoms with van der Waals surface area (Å²) in [6, 6.07) is 22.2. The number of anilines is 2. The van der Waals surface area contributed by atoms with E-state index < -0.39 is 0 Å². The maximum absolute atomic E-state index is 13.2. The summed E-state index contributed by atoms with van der Waals surface area (Å²) in [5.74, 6) is -0.363. The lowest BCUT2D eigenvalue weighted by Gasteiger charge is -2.17. The van der Waals surface area contributed by atoms with Crippen LogP contribution in [0.3, 0.4) is 0 Å². The Bertz CT molecular complexity index is 975. The van der Waals surface area contributed by atoms with Gasteiger partial charge in [-0.1, -0.05) is 42.5 Å². The fourth-order valence-corrected chi connectivity index (χ4v) is 2.80. The monoisotopic (exact) mass is 391 g/mol. The number of nitrogens with zero attached hydrogens (tertiary/aromatic N) is 1. The number of urea groups is 1. The van der Waals surface area contributed by atoms with Crippen LogP contribution in [0.5, 0.6) is 0 Å². The number of para-hydroxylation sites is 1. The molecule has 0 saturated heterocycles. The van der Waals surface area contributed by atoms with Crippen LogP contribution < -0.4 is 15.5 Å². The first-order valence-electron chi connectivity index (χ1n) is 9.21. The number of hydrogen-bond donors (Lipinski definition) is 2. The van der Waals surface area contributed by atoms with Crippen LogP contribution in [0, 0.1) is 5.82 Å². The van der Waals surface area contributed by atoms with Crippen molar-refractivity contribution in [2.75, 3.05) is 17.3 Å². The Morgan fingerprint density at radius 2 is 1.62 bits per heavy atom. The van der Waals surface area contributed by atoms with Crippen molar-refractivity contribution in [2.45, 2.75) is 13.0 Å². The highest BCUT2D eigenvalue weighted by atomic mass is 19.1. The van der Waals surface area contributed by atoms with E-state index in [1.54, 1.807) is 48.3 Å². The molecule has 0 fully saturated rings. The molecule has 0 unspecified atom stereocenters. The van der Waals surface area contributed by atoms with Crippen LogP contribution in [-0.2, 0) is 17.8 Å². The van der Waals surface area contributed by atoms with Gasteiger partial charge in [0.15, 0.2) is 0 Å². The molecule has 148 valence electrons. The number of rotatable bonds is 6. The van der Waals surface area contributed by atoms with Crippen molar-refractivity contribution in [3.05, 3.63) is 95.8 Å². The lowest BCUT2D eigenvalue weighted by Crippen LogP contribution is -2.28. The number of nitrogens with one attached hydrogen (secondary N) is 2. The van der Waals surface area contributed by atoms with Crippen molar-refractivity contribution in [3.8, 4) is 0 Å². The van der Waals surface area contributed by atoms with Gasteiger partial charge in [0.1, 0.15) is 5.82 Å². The van der Waals surface area contributed by atoms with Gasteiger partial charge in [-0.15, -0.1) is 0 Å². The highest BCUT2D eigenvalue weighted by Gasteiger charge is 2.11. The lowest BCUT2D eigenvalue weighted by molar-refractivity contribution is -0.117.